The summed E-state index contributed by atoms with van der Waals surface area (Å²) >= 11 is 0. The molecule has 0 aromatic heterocycles. The molecule has 57 valence electrons. The van der Waals surface area contributed by atoms with Crippen molar-refractivity contribution in [3.63, 3.8) is 0 Å². The number of aliphatic hydroxyl groups excluding tert-OH is 1. The van der Waals surface area contributed by atoms with Crippen LogP contribution in [0, 0.1) is 0 Å². The van der Waals surface area contributed by atoms with Gasteiger partial charge in [-0.05, 0) is 0 Å². The van der Waals surface area contributed by atoms with Gasteiger partial charge in [0.2, 0.25) is 0 Å². The van der Waals surface area contributed by atoms with Crippen molar-refractivity contribution in [3.8, 4) is 0 Å². The molecule has 0 aliphatic carbocycles. The minimum absolute atomic E-state index is 0.0319. The summed E-state index contributed by atoms with van der Waals surface area (Å²) in [5.74, 6) is 0. The summed E-state index contributed by atoms with van der Waals surface area (Å²) in [5, 5.41) is 11.9. The van der Waals surface area contributed by atoms with Crippen molar-refractivity contribution in [1.82, 2.24) is 5.32 Å². The van der Waals surface area contributed by atoms with Gasteiger partial charge in [-0.2, -0.15) is 9.12 Å². The van der Waals surface area contributed by atoms with Gasteiger partial charge < -0.3 is 15.2 Å². The molecule has 1 radical (unpaired) electrons. The first-order valence-electron chi connectivity index (χ1n) is 3.39. The summed E-state index contributed by atoms with van der Waals surface area (Å²) in [4.78, 5) is 0. The Labute approximate surface area is 63.9 Å². The van der Waals surface area contributed by atoms with E-state index in [1.807, 2.05) is 7.00 Å². The van der Waals surface area contributed by atoms with E-state index in [-0.39, 0.29) is 18.7 Å². The first-order chi connectivity index (χ1) is 4.86. The molecule has 0 amide bonds. The fourth-order valence-electron chi connectivity index (χ4n) is 0.951. The number of hydrogen-bond acceptors (Lipinski definition) is 3. The highest BCUT2D eigenvalue weighted by Gasteiger charge is 2.19. The normalized spacial score (nSPS) is 33.8. The fourth-order valence-corrected chi connectivity index (χ4v) is 1.18. The minimum atomic E-state index is -0.0319. The summed E-state index contributed by atoms with van der Waals surface area (Å²) in [6.07, 6.45) is -0.0319. The number of hydrogen-bond donors (Lipinski definition) is 2. The number of nitrogens with one attached hydrogen (secondary N) is 1. The Bertz CT molecular complexity index is 95.6. The Hall–Kier alpha value is 0.375. The van der Waals surface area contributed by atoms with Crippen molar-refractivity contribution in [1.29, 1.82) is 0 Å². The molecule has 0 spiro atoms. The van der Waals surface area contributed by atoms with Gasteiger partial charge in [0.1, 0.15) is 0 Å². The Kier molecular flexibility index (Phi) is 3.64. The van der Waals surface area contributed by atoms with E-state index in [1.54, 1.807) is 0 Å². The van der Waals surface area contributed by atoms with Crippen LogP contribution in [-0.4, -0.2) is 43.9 Å². The summed E-state index contributed by atoms with van der Waals surface area (Å²) < 4.78 is 5.40. The van der Waals surface area contributed by atoms with Crippen molar-refractivity contribution >= 4 is 16.1 Å². The zero-order chi connectivity index (χ0) is 7.40. The minimum Gasteiger partial charge on any atom is -0.394 e. The SMILES string of the molecule is OCC1CNCC([B]P)O1. The largest absolute Gasteiger partial charge is 0.394 e. The number of aliphatic hydroxyl groups is 1. The highest BCUT2D eigenvalue weighted by molar-refractivity contribution is 7.56. The van der Waals surface area contributed by atoms with Gasteiger partial charge in [-0.1, -0.05) is 0 Å². The van der Waals surface area contributed by atoms with Crippen LogP contribution in [0.5, 0.6) is 0 Å². The molecule has 1 fully saturated rings. The van der Waals surface area contributed by atoms with Crippen molar-refractivity contribution in [2.45, 2.75) is 12.1 Å². The van der Waals surface area contributed by atoms with Gasteiger partial charge in [0, 0.05) is 19.1 Å². The van der Waals surface area contributed by atoms with E-state index in [0.29, 0.717) is 0 Å². The topological polar surface area (TPSA) is 41.5 Å². The molecule has 1 rings (SSSR count). The van der Waals surface area contributed by atoms with Crippen molar-refractivity contribution in [2.24, 2.45) is 0 Å². The van der Waals surface area contributed by atoms with Crippen LogP contribution in [0.3, 0.4) is 0 Å². The van der Waals surface area contributed by atoms with Crippen molar-refractivity contribution in [3.05, 3.63) is 0 Å². The van der Waals surface area contributed by atoms with Crippen LogP contribution in [0.4, 0.5) is 0 Å². The monoisotopic (exact) mass is 160 g/mol. The van der Waals surface area contributed by atoms with Crippen LogP contribution < -0.4 is 5.32 Å². The third-order valence-electron chi connectivity index (χ3n) is 1.50. The molecular weight excluding hydrogens is 148 g/mol. The Morgan fingerprint density at radius 2 is 2.50 bits per heavy atom. The van der Waals surface area contributed by atoms with E-state index in [2.05, 4.69) is 14.4 Å². The molecule has 3 nitrogen and oxygen atoms in total. The predicted octanol–water partition coefficient (Wildman–Crippen LogP) is -1.21. The van der Waals surface area contributed by atoms with Gasteiger partial charge >= 0.3 is 0 Å². The fraction of sp³-hybridized carbons (Fsp3) is 1.00. The summed E-state index contributed by atoms with van der Waals surface area (Å²) in [7, 11) is 2.51. The van der Waals surface area contributed by atoms with E-state index in [1.165, 1.54) is 0 Å². The summed E-state index contributed by atoms with van der Waals surface area (Å²) in [5.41, 5.74) is 0. The highest BCUT2D eigenvalue weighted by Crippen LogP contribution is 2.03. The number of ether oxygens (including phenoxy) is 1. The molecule has 10 heavy (non-hydrogen) atoms. The first-order valence-corrected chi connectivity index (χ1v) is 4.05. The maximum Gasteiger partial charge on any atom is 0.178 e. The predicted molar refractivity (Wildman–Crippen MR) is 44.1 cm³/mol. The second kappa shape index (κ2) is 4.29. The lowest BCUT2D eigenvalue weighted by Crippen LogP contribution is -2.47. The molecule has 0 saturated carbocycles. The molecule has 0 aromatic rings. The maximum atomic E-state index is 8.72. The van der Waals surface area contributed by atoms with Crippen LogP contribution in [0.25, 0.3) is 0 Å². The van der Waals surface area contributed by atoms with Crippen LogP contribution in [0.15, 0.2) is 0 Å². The lowest BCUT2D eigenvalue weighted by molar-refractivity contribution is -0.0262. The second-order valence-electron chi connectivity index (χ2n) is 2.33. The van der Waals surface area contributed by atoms with Crippen LogP contribution in [0.2, 0.25) is 0 Å². The Morgan fingerprint density at radius 3 is 3.10 bits per heavy atom. The molecule has 3 atom stereocenters. The molecule has 1 aliphatic heterocycles. The first kappa shape index (κ1) is 8.47. The average Bonchev–Trinajstić information content (AvgIpc) is 2.05. The Balaban J connectivity index is 2.25. The zero-order valence-electron chi connectivity index (χ0n) is 5.79. The molecule has 0 bridgehead atoms. The average molecular weight is 160 g/mol. The molecule has 1 aliphatic rings. The van der Waals surface area contributed by atoms with Gasteiger partial charge in [0.15, 0.2) is 7.00 Å². The molecule has 1 saturated heterocycles. The number of morpholine rings is 1. The van der Waals surface area contributed by atoms with Crippen LogP contribution in [-0.2, 0) is 4.74 Å². The Morgan fingerprint density at radius 1 is 1.70 bits per heavy atom. The lowest BCUT2D eigenvalue weighted by Gasteiger charge is -2.28. The number of rotatable bonds is 2. The summed E-state index contributed by atoms with van der Waals surface area (Å²) in [6, 6.07) is 0.135. The van der Waals surface area contributed by atoms with E-state index >= 15 is 0 Å². The van der Waals surface area contributed by atoms with E-state index in [0.717, 1.165) is 13.1 Å². The van der Waals surface area contributed by atoms with Crippen molar-refractivity contribution in [2.75, 3.05) is 19.7 Å². The molecule has 5 heteroatoms. The smallest absolute Gasteiger partial charge is 0.178 e. The molecule has 3 unspecified atom stereocenters. The molecule has 2 N–H and O–H groups in total. The quantitative estimate of drug-likeness (QED) is 0.393. The van der Waals surface area contributed by atoms with Crippen LogP contribution >= 0.6 is 9.12 Å². The second-order valence-corrected chi connectivity index (χ2v) is 2.71. The molecule has 1 heterocycles. The lowest BCUT2D eigenvalue weighted by atomic mass is 9.96. The van der Waals surface area contributed by atoms with Gasteiger partial charge in [-0.3, -0.25) is 0 Å². The van der Waals surface area contributed by atoms with Gasteiger partial charge in [0.05, 0.1) is 12.7 Å². The maximum absolute atomic E-state index is 8.72. The molecular formula is C5H12BNO2P. The van der Waals surface area contributed by atoms with E-state index in [9.17, 15) is 0 Å². The van der Waals surface area contributed by atoms with Gasteiger partial charge in [0.25, 0.3) is 0 Å². The summed E-state index contributed by atoms with van der Waals surface area (Å²) in [6.45, 7) is 3.61. The van der Waals surface area contributed by atoms with Gasteiger partial charge in [-0.25, -0.2) is 0 Å². The van der Waals surface area contributed by atoms with Crippen LogP contribution in [0.1, 0.15) is 0 Å². The van der Waals surface area contributed by atoms with E-state index in [4.69, 9.17) is 9.84 Å². The standard InChI is InChI=1S/C5H12BNO2P/c8-3-4-1-7-2-5(6-10)9-4/h4-5,7-8H,1-3,10H2. The highest BCUT2D eigenvalue weighted by atomic mass is 31.0. The zero-order valence-corrected chi connectivity index (χ0v) is 6.94. The van der Waals surface area contributed by atoms with Gasteiger partial charge in [-0.15, -0.1) is 0 Å². The van der Waals surface area contributed by atoms with E-state index < -0.39 is 0 Å². The van der Waals surface area contributed by atoms with Crippen molar-refractivity contribution < 1.29 is 9.84 Å². The molecule has 0 aromatic carbocycles. The third-order valence-corrected chi connectivity index (χ3v) is 1.93. The third kappa shape index (κ3) is 2.20.